The first kappa shape index (κ1) is 13.3. The number of nitrogens with zero attached hydrogens (tertiary/aromatic N) is 2. The summed E-state index contributed by atoms with van der Waals surface area (Å²) in [6.45, 7) is 3.62. The molecule has 0 saturated carbocycles. The van der Waals surface area contributed by atoms with Gasteiger partial charge in [-0.1, -0.05) is 25.5 Å². The van der Waals surface area contributed by atoms with Crippen LogP contribution < -0.4 is 5.32 Å². The predicted molar refractivity (Wildman–Crippen MR) is 74.1 cm³/mol. The highest BCUT2D eigenvalue weighted by Gasteiger charge is 2.32. The minimum atomic E-state index is -1.02. The Bertz CT molecular complexity index is 600. The van der Waals surface area contributed by atoms with Crippen molar-refractivity contribution in [3.8, 4) is 0 Å². The van der Waals surface area contributed by atoms with Crippen molar-refractivity contribution in [3.05, 3.63) is 30.5 Å². The lowest BCUT2D eigenvalue weighted by molar-refractivity contribution is -0.142. The molecule has 1 aromatic carbocycles. The summed E-state index contributed by atoms with van der Waals surface area (Å²) in [6, 6.07) is 7.49. The van der Waals surface area contributed by atoms with Crippen molar-refractivity contribution in [2.45, 2.75) is 32.2 Å². The maximum atomic E-state index is 11.4. The maximum Gasteiger partial charge on any atom is 0.329 e. The molecule has 0 aliphatic heterocycles. The van der Waals surface area contributed by atoms with Crippen molar-refractivity contribution >= 4 is 22.8 Å². The Balaban J connectivity index is 2.31. The monoisotopic (exact) mass is 259 g/mol. The normalized spacial score (nSPS) is 14.0. The van der Waals surface area contributed by atoms with Crippen LogP contribution in [0.5, 0.6) is 0 Å². The molecule has 2 rings (SSSR count). The topological polar surface area (TPSA) is 75.1 Å². The number of carboxylic acid groups (broad SMARTS) is 1. The summed E-state index contributed by atoms with van der Waals surface area (Å²) < 4.78 is 0. The van der Waals surface area contributed by atoms with Gasteiger partial charge in [0.25, 0.3) is 0 Å². The van der Waals surface area contributed by atoms with E-state index in [0.29, 0.717) is 12.2 Å². The SMILES string of the molecule is CCCC(C)(Nc1cnc2ccccc2n1)C(=O)O. The molecular formula is C14H17N3O2. The molecule has 1 heterocycles. The van der Waals surface area contributed by atoms with Gasteiger partial charge in [0.05, 0.1) is 17.2 Å². The van der Waals surface area contributed by atoms with Gasteiger partial charge in [-0.05, 0) is 25.5 Å². The van der Waals surface area contributed by atoms with Gasteiger partial charge < -0.3 is 10.4 Å². The minimum absolute atomic E-state index is 0.483. The molecule has 0 radical (unpaired) electrons. The summed E-state index contributed by atoms with van der Waals surface area (Å²) in [4.78, 5) is 20.0. The van der Waals surface area contributed by atoms with Gasteiger partial charge in [-0.25, -0.2) is 9.78 Å². The molecule has 5 heteroatoms. The number of anilines is 1. The van der Waals surface area contributed by atoms with Crippen LogP contribution in [0.1, 0.15) is 26.7 Å². The number of carbonyl (C=O) groups is 1. The minimum Gasteiger partial charge on any atom is -0.480 e. The van der Waals surface area contributed by atoms with Crippen molar-refractivity contribution in [3.63, 3.8) is 0 Å². The second-order valence-corrected chi connectivity index (χ2v) is 4.76. The van der Waals surface area contributed by atoms with E-state index in [1.54, 1.807) is 13.1 Å². The van der Waals surface area contributed by atoms with Gasteiger partial charge in [0.2, 0.25) is 0 Å². The lowest BCUT2D eigenvalue weighted by Crippen LogP contribution is -2.43. The van der Waals surface area contributed by atoms with Crippen LogP contribution in [0.25, 0.3) is 11.0 Å². The fraction of sp³-hybridized carbons (Fsp3) is 0.357. The lowest BCUT2D eigenvalue weighted by atomic mass is 9.96. The molecule has 0 bridgehead atoms. The largest absolute Gasteiger partial charge is 0.480 e. The van der Waals surface area contributed by atoms with E-state index in [4.69, 9.17) is 0 Å². The molecule has 2 aromatic rings. The number of carboxylic acids is 1. The number of aromatic nitrogens is 2. The average Bonchev–Trinajstić information content (AvgIpc) is 2.38. The summed E-state index contributed by atoms with van der Waals surface area (Å²) in [7, 11) is 0. The van der Waals surface area contributed by atoms with Gasteiger partial charge >= 0.3 is 5.97 Å². The molecule has 0 amide bonds. The van der Waals surface area contributed by atoms with Crippen molar-refractivity contribution in [1.82, 2.24) is 9.97 Å². The first-order valence-electron chi connectivity index (χ1n) is 6.28. The molecular weight excluding hydrogens is 242 g/mol. The van der Waals surface area contributed by atoms with E-state index in [9.17, 15) is 9.90 Å². The van der Waals surface area contributed by atoms with Crippen LogP contribution >= 0.6 is 0 Å². The second-order valence-electron chi connectivity index (χ2n) is 4.76. The smallest absolute Gasteiger partial charge is 0.329 e. The van der Waals surface area contributed by atoms with E-state index >= 15 is 0 Å². The zero-order valence-electron chi connectivity index (χ0n) is 11.1. The van der Waals surface area contributed by atoms with Gasteiger partial charge in [-0.2, -0.15) is 0 Å². The third-order valence-corrected chi connectivity index (χ3v) is 3.07. The molecule has 0 aliphatic rings. The highest BCUT2D eigenvalue weighted by Crippen LogP contribution is 2.20. The Labute approximate surface area is 111 Å². The fourth-order valence-corrected chi connectivity index (χ4v) is 2.02. The molecule has 1 aromatic heterocycles. The molecule has 2 N–H and O–H groups in total. The first-order chi connectivity index (χ1) is 9.05. The van der Waals surface area contributed by atoms with Crippen molar-refractivity contribution < 1.29 is 9.90 Å². The van der Waals surface area contributed by atoms with Crippen LogP contribution in [0, 0.1) is 0 Å². The molecule has 0 aliphatic carbocycles. The molecule has 0 spiro atoms. The third-order valence-electron chi connectivity index (χ3n) is 3.07. The number of nitrogens with one attached hydrogen (secondary N) is 1. The van der Waals surface area contributed by atoms with Crippen LogP contribution in [-0.2, 0) is 4.79 Å². The lowest BCUT2D eigenvalue weighted by Gasteiger charge is -2.26. The number of hydrogen-bond acceptors (Lipinski definition) is 4. The van der Waals surface area contributed by atoms with Gasteiger partial charge in [0.15, 0.2) is 0 Å². The Kier molecular flexibility index (Phi) is 3.64. The Hall–Kier alpha value is -2.17. The standard InChI is InChI=1S/C14H17N3O2/c1-3-8-14(2,13(18)19)17-12-9-15-10-6-4-5-7-11(10)16-12/h4-7,9H,3,8H2,1-2H3,(H,16,17)(H,18,19). The second kappa shape index (κ2) is 5.22. The maximum absolute atomic E-state index is 11.4. The van der Waals surface area contributed by atoms with E-state index in [2.05, 4.69) is 15.3 Å². The summed E-state index contributed by atoms with van der Waals surface area (Å²) in [5, 5.41) is 12.3. The molecule has 0 saturated heterocycles. The van der Waals surface area contributed by atoms with E-state index in [1.807, 2.05) is 31.2 Å². The fourth-order valence-electron chi connectivity index (χ4n) is 2.02. The van der Waals surface area contributed by atoms with Gasteiger partial charge in [0, 0.05) is 0 Å². The Morgan fingerprint density at radius 2 is 2.05 bits per heavy atom. The molecule has 19 heavy (non-hydrogen) atoms. The van der Waals surface area contributed by atoms with Gasteiger partial charge in [-0.15, -0.1) is 0 Å². The highest BCUT2D eigenvalue weighted by molar-refractivity contribution is 5.82. The van der Waals surface area contributed by atoms with Crippen molar-refractivity contribution in [2.24, 2.45) is 0 Å². The molecule has 1 atom stereocenters. The van der Waals surface area contributed by atoms with Gasteiger partial charge in [-0.3, -0.25) is 4.98 Å². The molecule has 0 fully saturated rings. The number of para-hydroxylation sites is 2. The molecule has 100 valence electrons. The first-order valence-corrected chi connectivity index (χ1v) is 6.28. The molecule has 1 unspecified atom stereocenters. The molecule has 5 nitrogen and oxygen atoms in total. The van der Waals surface area contributed by atoms with E-state index in [-0.39, 0.29) is 0 Å². The summed E-state index contributed by atoms with van der Waals surface area (Å²) in [5.41, 5.74) is 0.517. The number of hydrogen-bond donors (Lipinski definition) is 2. The number of fused-ring (bicyclic) bond motifs is 1. The Morgan fingerprint density at radius 1 is 1.37 bits per heavy atom. The number of benzene rings is 1. The van der Waals surface area contributed by atoms with Crippen molar-refractivity contribution in [1.29, 1.82) is 0 Å². The summed E-state index contributed by atoms with van der Waals surface area (Å²) in [6.07, 6.45) is 2.87. The van der Waals surface area contributed by atoms with E-state index < -0.39 is 11.5 Å². The van der Waals surface area contributed by atoms with Crippen LogP contribution in [-0.4, -0.2) is 26.6 Å². The van der Waals surface area contributed by atoms with E-state index in [0.717, 1.165) is 17.5 Å². The van der Waals surface area contributed by atoms with Crippen LogP contribution in [0.4, 0.5) is 5.82 Å². The van der Waals surface area contributed by atoms with Gasteiger partial charge in [0.1, 0.15) is 11.4 Å². The van der Waals surface area contributed by atoms with Crippen LogP contribution in [0.15, 0.2) is 30.5 Å². The van der Waals surface area contributed by atoms with Crippen LogP contribution in [0.2, 0.25) is 0 Å². The predicted octanol–water partition coefficient (Wildman–Crippen LogP) is 2.69. The Morgan fingerprint density at radius 3 is 2.68 bits per heavy atom. The zero-order chi connectivity index (χ0) is 13.9. The summed E-state index contributed by atoms with van der Waals surface area (Å²) in [5.74, 6) is -0.402. The zero-order valence-corrected chi connectivity index (χ0v) is 11.1. The number of aliphatic carboxylic acids is 1. The average molecular weight is 259 g/mol. The quantitative estimate of drug-likeness (QED) is 0.863. The summed E-state index contributed by atoms with van der Waals surface area (Å²) >= 11 is 0. The third kappa shape index (κ3) is 2.81. The van der Waals surface area contributed by atoms with Crippen LogP contribution in [0.3, 0.4) is 0 Å². The van der Waals surface area contributed by atoms with Crippen molar-refractivity contribution in [2.75, 3.05) is 5.32 Å². The number of rotatable bonds is 5. The van der Waals surface area contributed by atoms with E-state index in [1.165, 1.54) is 0 Å². The highest BCUT2D eigenvalue weighted by atomic mass is 16.4.